The maximum atomic E-state index is 13.4. The summed E-state index contributed by atoms with van der Waals surface area (Å²) in [5.74, 6) is -1.03. The van der Waals surface area contributed by atoms with Crippen LogP contribution in [-0.4, -0.2) is 58.0 Å². The van der Waals surface area contributed by atoms with Crippen molar-refractivity contribution in [2.24, 2.45) is 5.92 Å². The fourth-order valence-corrected chi connectivity index (χ4v) is 4.08. The Balaban J connectivity index is 1.79. The third kappa shape index (κ3) is 5.49. The highest BCUT2D eigenvalue weighted by atomic mass is 19.1. The second kappa shape index (κ2) is 10.8. The molecular formula is C26H29FN6O3. The van der Waals surface area contributed by atoms with Gasteiger partial charge in [-0.15, -0.1) is 0 Å². The molecule has 0 aliphatic carbocycles. The van der Waals surface area contributed by atoms with E-state index < -0.39 is 11.8 Å². The lowest BCUT2D eigenvalue weighted by Crippen LogP contribution is -2.37. The van der Waals surface area contributed by atoms with E-state index in [0.717, 1.165) is 12.8 Å². The van der Waals surface area contributed by atoms with Gasteiger partial charge in [0.15, 0.2) is 5.69 Å². The van der Waals surface area contributed by atoms with Gasteiger partial charge in [0, 0.05) is 61.2 Å². The van der Waals surface area contributed by atoms with Crippen molar-refractivity contribution in [1.29, 1.82) is 5.41 Å². The maximum absolute atomic E-state index is 13.4. The molecule has 10 heteroatoms. The minimum Gasteiger partial charge on any atom is -0.477 e. The van der Waals surface area contributed by atoms with E-state index >= 15 is 0 Å². The summed E-state index contributed by atoms with van der Waals surface area (Å²) in [4.78, 5) is 27.3. The molecule has 1 aliphatic heterocycles. The van der Waals surface area contributed by atoms with E-state index in [0.29, 0.717) is 41.5 Å². The Kier molecular flexibility index (Phi) is 7.54. The quantitative estimate of drug-likeness (QED) is 0.385. The average Bonchev–Trinajstić information content (AvgIpc) is 2.89. The normalized spacial score (nSPS) is 14.0. The number of hydrogen-bond acceptors (Lipinski definition) is 8. The molecule has 0 atom stereocenters. The second-order valence-corrected chi connectivity index (χ2v) is 9.01. The van der Waals surface area contributed by atoms with Crippen LogP contribution < -0.4 is 10.2 Å². The van der Waals surface area contributed by atoms with Crippen LogP contribution in [0.1, 0.15) is 42.7 Å². The molecule has 3 heterocycles. The molecule has 0 radical (unpaired) electrons. The Bertz CT molecular complexity index is 1240. The number of anilines is 3. The van der Waals surface area contributed by atoms with Gasteiger partial charge in [0.1, 0.15) is 11.6 Å². The van der Waals surface area contributed by atoms with Crippen LogP contribution in [0.4, 0.5) is 21.8 Å². The Morgan fingerprint density at radius 2 is 1.83 bits per heavy atom. The van der Waals surface area contributed by atoms with Crippen LogP contribution in [0, 0.1) is 17.1 Å². The van der Waals surface area contributed by atoms with E-state index in [4.69, 9.17) is 10.1 Å². The lowest BCUT2D eigenvalue weighted by atomic mass is 9.92. The summed E-state index contributed by atoms with van der Waals surface area (Å²) in [7, 11) is 1.95. The number of aromatic nitrogens is 3. The standard InChI is InChI=1S/C26H29FN6O3/c1-15(2)23(28)22-20(16-13-29-26(30-14-16)33(3)19-8-10-36-11-9-19)12-21(25(34)35)32-24(22)31-18-6-4-17(27)5-7-18/h4-7,12-15,19,28H,8-11H2,1-3H3,(H,31,32)(H,34,35). The van der Waals surface area contributed by atoms with Crippen molar-refractivity contribution in [3.63, 3.8) is 0 Å². The number of nitrogens with one attached hydrogen (secondary N) is 2. The van der Waals surface area contributed by atoms with Gasteiger partial charge in [-0.05, 0) is 54.7 Å². The van der Waals surface area contributed by atoms with E-state index in [1.54, 1.807) is 12.4 Å². The van der Waals surface area contributed by atoms with Gasteiger partial charge in [-0.2, -0.15) is 0 Å². The molecule has 188 valence electrons. The molecule has 1 fully saturated rings. The number of aromatic carboxylic acids is 1. The number of ether oxygens (including phenoxy) is 1. The third-order valence-corrected chi connectivity index (χ3v) is 6.20. The molecule has 1 aliphatic rings. The second-order valence-electron chi connectivity index (χ2n) is 9.01. The van der Waals surface area contributed by atoms with Gasteiger partial charge < -0.3 is 25.5 Å². The first kappa shape index (κ1) is 25.2. The summed E-state index contributed by atoms with van der Waals surface area (Å²) in [5, 5.41) is 21.6. The molecule has 2 aromatic heterocycles. The van der Waals surface area contributed by atoms with Crippen molar-refractivity contribution in [1.82, 2.24) is 15.0 Å². The molecule has 1 aromatic carbocycles. The van der Waals surface area contributed by atoms with Crippen LogP contribution in [0.2, 0.25) is 0 Å². The SMILES string of the molecule is CC(C)C(=N)c1c(-c2cnc(N(C)C3CCOCC3)nc2)cc(C(=O)O)nc1Nc1ccc(F)cc1. The van der Waals surface area contributed by atoms with E-state index in [1.807, 2.05) is 25.8 Å². The fraction of sp³-hybridized carbons (Fsp3) is 0.346. The highest BCUT2D eigenvalue weighted by Gasteiger charge is 2.24. The summed E-state index contributed by atoms with van der Waals surface area (Å²) >= 11 is 0. The molecule has 0 spiro atoms. The molecule has 3 aromatic rings. The minimum atomic E-state index is -1.21. The topological polar surface area (TPSA) is 124 Å². The lowest BCUT2D eigenvalue weighted by molar-refractivity contribution is 0.0690. The van der Waals surface area contributed by atoms with Gasteiger partial charge in [-0.1, -0.05) is 13.8 Å². The molecule has 0 bridgehead atoms. The Morgan fingerprint density at radius 3 is 2.42 bits per heavy atom. The number of halogens is 1. The fourth-order valence-electron chi connectivity index (χ4n) is 4.08. The molecule has 0 amide bonds. The van der Waals surface area contributed by atoms with Gasteiger partial charge in [0.25, 0.3) is 0 Å². The van der Waals surface area contributed by atoms with Crippen LogP contribution in [-0.2, 0) is 4.74 Å². The Labute approximate surface area is 208 Å². The van der Waals surface area contributed by atoms with Gasteiger partial charge in [-0.3, -0.25) is 0 Å². The number of carboxylic acids is 1. The predicted molar refractivity (Wildman–Crippen MR) is 136 cm³/mol. The van der Waals surface area contributed by atoms with E-state index in [2.05, 4.69) is 20.3 Å². The van der Waals surface area contributed by atoms with Gasteiger partial charge >= 0.3 is 5.97 Å². The molecule has 3 N–H and O–H groups in total. The Morgan fingerprint density at radius 1 is 1.19 bits per heavy atom. The van der Waals surface area contributed by atoms with Crippen molar-refractivity contribution < 1.29 is 19.0 Å². The zero-order chi connectivity index (χ0) is 25.8. The Hall–Kier alpha value is -3.92. The molecule has 4 rings (SSSR count). The predicted octanol–water partition coefficient (Wildman–Crippen LogP) is 4.76. The molecular weight excluding hydrogens is 463 g/mol. The van der Waals surface area contributed by atoms with Crippen LogP contribution >= 0.6 is 0 Å². The molecule has 0 unspecified atom stereocenters. The molecule has 0 saturated carbocycles. The van der Waals surface area contributed by atoms with E-state index in [9.17, 15) is 14.3 Å². The molecule has 36 heavy (non-hydrogen) atoms. The number of carbonyl (C=O) groups is 1. The maximum Gasteiger partial charge on any atom is 0.354 e. The number of pyridine rings is 1. The van der Waals surface area contributed by atoms with Gasteiger partial charge in [-0.25, -0.2) is 24.1 Å². The summed E-state index contributed by atoms with van der Waals surface area (Å²) in [6.07, 6.45) is 5.06. The van der Waals surface area contributed by atoms with Crippen LogP contribution in [0.15, 0.2) is 42.7 Å². The highest BCUT2D eigenvalue weighted by molar-refractivity contribution is 6.10. The number of hydrogen-bond donors (Lipinski definition) is 3. The largest absolute Gasteiger partial charge is 0.477 e. The smallest absolute Gasteiger partial charge is 0.354 e. The van der Waals surface area contributed by atoms with Crippen molar-refractivity contribution in [3.05, 3.63) is 59.8 Å². The first-order valence-corrected chi connectivity index (χ1v) is 11.8. The first-order chi connectivity index (χ1) is 17.2. The van der Waals surface area contributed by atoms with Crippen LogP contribution in [0.25, 0.3) is 11.1 Å². The zero-order valence-electron chi connectivity index (χ0n) is 20.5. The molecule has 1 saturated heterocycles. The van der Waals surface area contributed by atoms with Gasteiger partial charge in [0.2, 0.25) is 5.95 Å². The van der Waals surface area contributed by atoms with E-state index in [-0.39, 0.29) is 29.2 Å². The van der Waals surface area contributed by atoms with Crippen molar-refractivity contribution >= 4 is 29.1 Å². The zero-order valence-corrected chi connectivity index (χ0v) is 20.5. The summed E-state index contributed by atoms with van der Waals surface area (Å²) in [6, 6.07) is 7.34. The lowest BCUT2D eigenvalue weighted by Gasteiger charge is -2.31. The monoisotopic (exact) mass is 492 g/mol. The average molecular weight is 493 g/mol. The third-order valence-electron chi connectivity index (χ3n) is 6.20. The number of nitrogens with zero attached hydrogens (tertiary/aromatic N) is 4. The van der Waals surface area contributed by atoms with Crippen molar-refractivity contribution in [3.8, 4) is 11.1 Å². The van der Waals surface area contributed by atoms with Crippen LogP contribution in [0.5, 0.6) is 0 Å². The number of carboxylic acid groups (broad SMARTS) is 1. The highest BCUT2D eigenvalue weighted by Crippen LogP contribution is 2.33. The number of benzene rings is 1. The molecule has 9 nitrogen and oxygen atoms in total. The summed E-state index contributed by atoms with van der Waals surface area (Å²) < 4.78 is 18.9. The number of rotatable bonds is 8. The summed E-state index contributed by atoms with van der Waals surface area (Å²) in [5.41, 5.74) is 2.06. The van der Waals surface area contributed by atoms with Crippen LogP contribution in [0.3, 0.4) is 0 Å². The van der Waals surface area contributed by atoms with Crippen molar-refractivity contribution in [2.75, 3.05) is 30.5 Å². The van der Waals surface area contributed by atoms with Gasteiger partial charge in [0.05, 0.1) is 0 Å². The minimum absolute atomic E-state index is 0.171. The van der Waals surface area contributed by atoms with Crippen molar-refractivity contribution in [2.45, 2.75) is 32.7 Å². The van der Waals surface area contributed by atoms with E-state index in [1.165, 1.54) is 30.3 Å². The summed E-state index contributed by atoms with van der Waals surface area (Å²) in [6.45, 7) is 5.15. The first-order valence-electron chi connectivity index (χ1n) is 11.8.